The van der Waals surface area contributed by atoms with Crippen LogP contribution in [-0.4, -0.2) is 54.6 Å². The number of aryl methyl sites for hydroxylation is 2. The first-order valence-electron chi connectivity index (χ1n) is 10.6. The predicted octanol–water partition coefficient (Wildman–Crippen LogP) is 2.43. The molecular formula is C24H25N3O5S. The Morgan fingerprint density at radius 3 is 2.39 bits per heavy atom. The van der Waals surface area contributed by atoms with E-state index in [9.17, 15) is 18.0 Å². The number of hydrogen-bond acceptors (Lipinski definition) is 6. The number of morpholine rings is 1. The van der Waals surface area contributed by atoms with E-state index in [0.717, 1.165) is 10.2 Å². The summed E-state index contributed by atoms with van der Waals surface area (Å²) in [6.45, 7) is 4.79. The fraction of sp³-hybridized carbons (Fsp3) is 0.292. The first-order chi connectivity index (χ1) is 15.8. The number of hydrogen-bond donors (Lipinski definition) is 0. The maximum atomic E-state index is 13.2. The molecule has 0 bridgehead atoms. The van der Waals surface area contributed by atoms with Gasteiger partial charge in [0.15, 0.2) is 5.78 Å². The number of carbonyl (C=O) groups excluding carboxylic acids is 1. The van der Waals surface area contributed by atoms with Crippen LogP contribution in [0.1, 0.15) is 21.5 Å². The lowest BCUT2D eigenvalue weighted by molar-refractivity contribution is 0.0730. The van der Waals surface area contributed by atoms with Crippen LogP contribution in [0.25, 0.3) is 11.3 Å². The topological polar surface area (TPSA) is 98.6 Å². The molecule has 4 rings (SSSR count). The summed E-state index contributed by atoms with van der Waals surface area (Å²) < 4.78 is 34.2. The van der Waals surface area contributed by atoms with Crippen molar-refractivity contribution in [3.05, 3.63) is 81.6 Å². The van der Waals surface area contributed by atoms with E-state index in [2.05, 4.69) is 5.10 Å². The summed E-state index contributed by atoms with van der Waals surface area (Å²) in [5, 5.41) is 4.35. The minimum atomic E-state index is -3.70. The van der Waals surface area contributed by atoms with Crippen molar-refractivity contribution >= 4 is 15.8 Å². The van der Waals surface area contributed by atoms with Gasteiger partial charge < -0.3 is 4.74 Å². The molecule has 0 amide bonds. The normalized spacial score (nSPS) is 14.8. The second kappa shape index (κ2) is 9.38. The zero-order valence-electron chi connectivity index (χ0n) is 18.5. The van der Waals surface area contributed by atoms with Gasteiger partial charge in [-0.25, -0.2) is 13.1 Å². The van der Waals surface area contributed by atoms with Crippen LogP contribution in [0, 0.1) is 13.8 Å². The lowest BCUT2D eigenvalue weighted by atomic mass is 10.1. The summed E-state index contributed by atoms with van der Waals surface area (Å²) in [6, 6.07) is 15.0. The van der Waals surface area contributed by atoms with Gasteiger partial charge in [0.05, 0.1) is 23.8 Å². The summed E-state index contributed by atoms with van der Waals surface area (Å²) in [4.78, 5) is 25.2. The molecule has 0 saturated carbocycles. The number of carbonyl (C=O) groups is 1. The van der Waals surface area contributed by atoms with Gasteiger partial charge in [-0.05, 0) is 31.5 Å². The molecule has 8 nitrogen and oxygen atoms in total. The molecule has 0 aliphatic carbocycles. The molecule has 0 spiro atoms. The molecule has 0 atom stereocenters. The summed E-state index contributed by atoms with van der Waals surface area (Å²) in [5.74, 6) is -0.235. The molecule has 0 N–H and O–H groups in total. The van der Waals surface area contributed by atoms with Crippen molar-refractivity contribution in [2.75, 3.05) is 26.3 Å². The first-order valence-corrected chi connectivity index (χ1v) is 12.1. The minimum absolute atomic E-state index is 0.192. The zero-order valence-corrected chi connectivity index (χ0v) is 19.3. The van der Waals surface area contributed by atoms with Crippen molar-refractivity contribution in [3.8, 4) is 11.3 Å². The Balaban J connectivity index is 1.66. The maximum Gasteiger partial charge on any atom is 0.267 e. The maximum absolute atomic E-state index is 13.2. The quantitative estimate of drug-likeness (QED) is 0.517. The van der Waals surface area contributed by atoms with E-state index in [0.29, 0.717) is 48.7 Å². The number of aromatic nitrogens is 2. The van der Waals surface area contributed by atoms with Crippen molar-refractivity contribution in [1.29, 1.82) is 0 Å². The van der Waals surface area contributed by atoms with E-state index in [4.69, 9.17) is 4.74 Å². The average Bonchev–Trinajstić information content (AvgIpc) is 2.81. The largest absolute Gasteiger partial charge is 0.379 e. The van der Waals surface area contributed by atoms with Crippen LogP contribution < -0.4 is 5.56 Å². The number of ether oxygens (including phenoxy) is 1. The standard InChI is InChI=1S/C24H25N3O5S/c1-17-3-6-19(7-4-17)22(28)16-27-24(29)10-9-21(25-27)20-8-5-18(2)23(15-20)33(30,31)26-11-13-32-14-12-26/h3-10,15H,11-14,16H2,1-2H3. The highest BCUT2D eigenvalue weighted by Crippen LogP contribution is 2.26. The summed E-state index contributed by atoms with van der Waals surface area (Å²) in [5.41, 5.74) is 2.69. The van der Waals surface area contributed by atoms with E-state index in [-0.39, 0.29) is 17.2 Å². The molecular weight excluding hydrogens is 442 g/mol. The Morgan fingerprint density at radius 2 is 1.70 bits per heavy atom. The highest BCUT2D eigenvalue weighted by atomic mass is 32.2. The Bertz CT molecular complexity index is 1340. The number of ketones is 1. The van der Waals surface area contributed by atoms with Gasteiger partial charge in [-0.2, -0.15) is 9.40 Å². The molecule has 1 aliphatic rings. The summed E-state index contributed by atoms with van der Waals surface area (Å²) in [6.07, 6.45) is 0. The molecule has 1 aromatic heterocycles. The summed E-state index contributed by atoms with van der Waals surface area (Å²) in [7, 11) is -3.70. The van der Waals surface area contributed by atoms with E-state index >= 15 is 0 Å². The van der Waals surface area contributed by atoms with Crippen LogP contribution >= 0.6 is 0 Å². The SMILES string of the molecule is Cc1ccc(C(=O)Cn2nc(-c3ccc(C)c(S(=O)(=O)N4CCOCC4)c3)ccc2=O)cc1. The van der Waals surface area contributed by atoms with Gasteiger partial charge in [0.2, 0.25) is 10.0 Å². The van der Waals surface area contributed by atoms with E-state index < -0.39 is 15.6 Å². The van der Waals surface area contributed by atoms with Gasteiger partial charge >= 0.3 is 0 Å². The van der Waals surface area contributed by atoms with Crippen LogP contribution in [0.3, 0.4) is 0 Å². The molecule has 1 fully saturated rings. The van der Waals surface area contributed by atoms with Crippen molar-refractivity contribution < 1.29 is 17.9 Å². The van der Waals surface area contributed by atoms with E-state index in [1.807, 2.05) is 19.1 Å². The monoisotopic (exact) mass is 467 g/mol. The molecule has 1 aliphatic heterocycles. The Labute approximate surface area is 192 Å². The van der Waals surface area contributed by atoms with Crippen LogP contribution in [0.5, 0.6) is 0 Å². The Hall–Kier alpha value is -3.14. The number of Topliss-reactive ketones (excluding diaryl/α,β-unsaturated/α-hetero) is 1. The number of sulfonamides is 1. The van der Waals surface area contributed by atoms with Crippen LogP contribution in [0.4, 0.5) is 0 Å². The molecule has 3 aromatic rings. The van der Waals surface area contributed by atoms with Gasteiger partial charge in [0.1, 0.15) is 6.54 Å². The lowest BCUT2D eigenvalue weighted by Crippen LogP contribution is -2.40. The van der Waals surface area contributed by atoms with Crippen molar-refractivity contribution in [1.82, 2.24) is 14.1 Å². The first kappa shape index (κ1) is 23.0. The average molecular weight is 468 g/mol. The van der Waals surface area contributed by atoms with E-state index in [1.54, 1.807) is 37.3 Å². The smallest absolute Gasteiger partial charge is 0.267 e. The summed E-state index contributed by atoms with van der Waals surface area (Å²) >= 11 is 0. The molecule has 0 unspecified atom stereocenters. The highest BCUT2D eigenvalue weighted by Gasteiger charge is 2.28. The van der Waals surface area contributed by atoms with Gasteiger partial charge in [-0.1, -0.05) is 42.0 Å². The second-order valence-electron chi connectivity index (χ2n) is 8.00. The number of nitrogens with zero attached hydrogens (tertiary/aromatic N) is 3. The fourth-order valence-corrected chi connectivity index (χ4v) is 5.31. The number of rotatable bonds is 6. The van der Waals surface area contributed by atoms with E-state index in [1.165, 1.54) is 16.4 Å². The predicted molar refractivity (Wildman–Crippen MR) is 124 cm³/mol. The van der Waals surface area contributed by atoms with Gasteiger partial charge in [-0.15, -0.1) is 0 Å². The number of benzene rings is 2. The van der Waals surface area contributed by atoms with Crippen molar-refractivity contribution in [2.24, 2.45) is 0 Å². The molecule has 1 saturated heterocycles. The molecule has 2 aromatic carbocycles. The lowest BCUT2D eigenvalue weighted by Gasteiger charge is -2.26. The van der Waals surface area contributed by atoms with Crippen LogP contribution in [0.2, 0.25) is 0 Å². The van der Waals surface area contributed by atoms with Gasteiger partial charge in [0.25, 0.3) is 5.56 Å². The third-order valence-electron chi connectivity index (χ3n) is 5.61. The van der Waals surface area contributed by atoms with Gasteiger partial charge in [-0.3, -0.25) is 9.59 Å². The van der Waals surface area contributed by atoms with Crippen LogP contribution in [0.15, 0.2) is 64.3 Å². The zero-order chi connectivity index (χ0) is 23.6. The Kier molecular flexibility index (Phi) is 6.55. The van der Waals surface area contributed by atoms with Crippen molar-refractivity contribution in [2.45, 2.75) is 25.3 Å². The molecule has 0 radical (unpaired) electrons. The molecule has 2 heterocycles. The molecule has 33 heavy (non-hydrogen) atoms. The highest BCUT2D eigenvalue weighted by molar-refractivity contribution is 7.89. The third kappa shape index (κ3) is 4.95. The third-order valence-corrected chi connectivity index (χ3v) is 7.65. The molecule has 172 valence electrons. The van der Waals surface area contributed by atoms with Crippen molar-refractivity contribution in [3.63, 3.8) is 0 Å². The minimum Gasteiger partial charge on any atom is -0.379 e. The van der Waals surface area contributed by atoms with Crippen LogP contribution in [-0.2, 0) is 21.3 Å². The van der Waals surface area contributed by atoms with Gasteiger partial charge in [0, 0.05) is 30.3 Å². The Morgan fingerprint density at radius 1 is 1.00 bits per heavy atom. The second-order valence-corrected chi connectivity index (χ2v) is 9.91. The fourth-order valence-electron chi connectivity index (χ4n) is 3.65. The molecule has 9 heteroatoms.